The summed E-state index contributed by atoms with van der Waals surface area (Å²) in [6.07, 6.45) is 0.488. The molecule has 0 spiro atoms. The second-order valence-electron chi connectivity index (χ2n) is 3.09. The predicted molar refractivity (Wildman–Crippen MR) is 60.3 cm³/mol. The highest BCUT2D eigenvalue weighted by molar-refractivity contribution is 7.89. The van der Waals surface area contributed by atoms with Gasteiger partial charge in [-0.05, 0) is 25.1 Å². The van der Waals surface area contributed by atoms with Gasteiger partial charge in [0.25, 0.3) is 0 Å². The summed E-state index contributed by atoms with van der Waals surface area (Å²) in [4.78, 5) is -0.447. The molecule has 0 saturated carbocycles. The Hall–Kier alpha value is -0.690. The Morgan fingerprint density at radius 3 is 2.75 bits per heavy atom. The van der Waals surface area contributed by atoms with Crippen LogP contribution in [0.25, 0.3) is 0 Å². The molecule has 3 N–H and O–H groups in total. The number of sulfonamides is 1. The van der Waals surface area contributed by atoms with Gasteiger partial charge >= 0.3 is 0 Å². The van der Waals surface area contributed by atoms with E-state index in [2.05, 4.69) is 4.72 Å². The third kappa shape index (κ3) is 3.15. The molecule has 0 saturated heterocycles. The highest BCUT2D eigenvalue weighted by atomic mass is 35.5. The standard InChI is InChI=1S/C9H12ClFN2O2S/c10-7-3-1-4-8(9(7)11)16(14,15)13-6-2-5-12/h1,3-4,13H,2,5-6,12H2. The molecule has 7 heteroatoms. The first-order valence-corrected chi connectivity index (χ1v) is 6.49. The van der Waals surface area contributed by atoms with Crippen molar-refractivity contribution in [2.45, 2.75) is 11.3 Å². The predicted octanol–water partition coefficient (Wildman–Crippen LogP) is 1.11. The topological polar surface area (TPSA) is 72.2 Å². The van der Waals surface area contributed by atoms with Gasteiger partial charge in [-0.25, -0.2) is 17.5 Å². The highest BCUT2D eigenvalue weighted by Gasteiger charge is 2.19. The molecule has 0 fully saturated rings. The maximum Gasteiger partial charge on any atom is 0.243 e. The molecule has 0 aliphatic rings. The fourth-order valence-corrected chi connectivity index (χ4v) is 2.48. The Kier molecular flexibility index (Phi) is 4.67. The lowest BCUT2D eigenvalue weighted by Crippen LogP contribution is -2.27. The largest absolute Gasteiger partial charge is 0.330 e. The van der Waals surface area contributed by atoms with Crippen molar-refractivity contribution in [1.29, 1.82) is 0 Å². The number of nitrogens with two attached hydrogens (primary N) is 1. The molecule has 0 aromatic heterocycles. The Balaban J connectivity index is 2.94. The smallest absolute Gasteiger partial charge is 0.243 e. The van der Waals surface area contributed by atoms with Crippen LogP contribution in [0.4, 0.5) is 4.39 Å². The van der Waals surface area contributed by atoms with Gasteiger partial charge in [-0.3, -0.25) is 0 Å². The summed E-state index contributed by atoms with van der Waals surface area (Å²) in [7, 11) is -3.85. The number of hydrogen-bond donors (Lipinski definition) is 2. The van der Waals surface area contributed by atoms with E-state index in [9.17, 15) is 12.8 Å². The average molecular weight is 267 g/mol. The van der Waals surface area contributed by atoms with E-state index < -0.39 is 20.7 Å². The lowest BCUT2D eigenvalue weighted by atomic mass is 10.3. The van der Waals surface area contributed by atoms with Crippen LogP contribution in [0, 0.1) is 5.82 Å². The Bertz CT molecular complexity index is 465. The molecule has 0 radical (unpaired) electrons. The van der Waals surface area contributed by atoms with E-state index in [1.165, 1.54) is 12.1 Å². The summed E-state index contributed by atoms with van der Waals surface area (Å²) in [6, 6.07) is 3.82. The van der Waals surface area contributed by atoms with Crippen molar-refractivity contribution in [2.24, 2.45) is 5.73 Å². The number of halogens is 2. The van der Waals surface area contributed by atoms with Gasteiger partial charge in [0.2, 0.25) is 10.0 Å². The first kappa shape index (κ1) is 13.4. The molecule has 16 heavy (non-hydrogen) atoms. The zero-order valence-corrected chi connectivity index (χ0v) is 9.98. The summed E-state index contributed by atoms with van der Waals surface area (Å²) in [5, 5.41) is -0.221. The molecule has 1 aromatic rings. The Morgan fingerprint density at radius 1 is 1.44 bits per heavy atom. The lowest BCUT2D eigenvalue weighted by molar-refractivity contribution is 0.556. The maximum atomic E-state index is 13.4. The van der Waals surface area contributed by atoms with Gasteiger partial charge in [-0.15, -0.1) is 0 Å². The van der Waals surface area contributed by atoms with Crippen LogP contribution in [-0.2, 0) is 10.0 Å². The third-order valence-corrected chi connectivity index (χ3v) is 3.65. The second kappa shape index (κ2) is 5.58. The van der Waals surface area contributed by atoms with Crippen LogP contribution >= 0.6 is 11.6 Å². The molecule has 0 unspecified atom stereocenters. The zero-order chi connectivity index (χ0) is 12.2. The second-order valence-corrected chi connectivity index (χ2v) is 5.23. The van der Waals surface area contributed by atoms with Gasteiger partial charge in [-0.1, -0.05) is 17.7 Å². The molecule has 4 nitrogen and oxygen atoms in total. The van der Waals surface area contributed by atoms with E-state index in [4.69, 9.17) is 17.3 Å². The minimum absolute atomic E-state index is 0.171. The van der Waals surface area contributed by atoms with Crippen LogP contribution in [0.2, 0.25) is 5.02 Å². The van der Waals surface area contributed by atoms with Crippen LogP contribution in [0.3, 0.4) is 0 Å². The Labute approximate surface area is 98.6 Å². The summed E-state index contributed by atoms with van der Waals surface area (Å²) in [6.45, 7) is 0.533. The van der Waals surface area contributed by atoms with E-state index >= 15 is 0 Å². The summed E-state index contributed by atoms with van der Waals surface area (Å²) >= 11 is 5.49. The van der Waals surface area contributed by atoms with Crippen molar-refractivity contribution in [3.05, 3.63) is 29.0 Å². The SMILES string of the molecule is NCCCNS(=O)(=O)c1cccc(Cl)c1F. The quantitative estimate of drug-likeness (QED) is 0.784. The first-order chi connectivity index (χ1) is 7.49. The van der Waals surface area contributed by atoms with E-state index in [0.717, 1.165) is 6.07 Å². The van der Waals surface area contributed by atoms with Crippen molar-refractivity contribution >= 4 is 21.6 Å². The fourth-order valence-electron chi connectivity index (χ4n) is 1.08. The molecular formula is C9H12ClFN2O2S. The molecule has 0 aliphatic heterocycles. The van der Waals surface area contributed by atoms with Gasteiger partial charge in [0.1, 0.15) is 4.90 Å². The Morgan fingerprint density at radius 2 is 2.12 bits per heavy atom. The van der Waals surface area contributed by atoms with E-state index in [-0.39, 0.29) is 11.6 Å². The van der Waals surface area contributed by atoms with Crippen LogP contribution in [0.15, 0.2) is 23.1 Å². The van der Waals surface area contributed by atoms with Crippen molar-refractivity contribution in [3.63, 3.8) is 0 Å². The molecule has 0 heterocycles. The first-order valence-electron chi connectivity index (χ1n) is 4.63. The van der Waals surface area contributed by atoms with Crippen molar-refractivity contribution in [2.75, 3.05) is 13.1 Å². The normalized spacial score (nSPS) is 11.7. The van der Waals surface area contributed by atoms with Crippen LogP contribution in [0.1, 0.15) is 6.42 Å². The van der Waals surface area contributed by atoms with Gasteiger partial charge in [0.15, 0.2) is 5.82 Å². The van der Waals surface area contributed by atoms with Gasteiger partial charge in [0, 0.05) is 6.54 Å². The number of hydrogen-bond acceptors (Lipinski definition) is 3. The molecule has 0 bridgehead atoms. The van der Waals surface area contributed by atoms with Crippen molar-refractivity contribution in [1.82, 2.24) is 4.72 Å². The molecule has 90 valence electrons. The van der Waals surface area contributed by atoms with E-state index in [0.29, 0.717) is 13.0 Å². The number of nitrogens with one attached hydrogen (secondary N) is 1. The molecular weight excluding hydrogens is 255 g/mol. The molecule has 1 aromatic carbocycles. The minimum atomic E-state index is -3.85. The molecule has 0 aliphatic carbocycles. The van der Waals surface area contributed by atoms with Crippen LogP contribution < -0.4 is 10.5 Å². The number of benzene rings is 1. The van der Waals surface area contributed by atoms with Crippen molar-refractivity contribution in [3.8, 4) is 0 Å². The average Bonchev–Trinajstić information content (AvgIpc) is 2.22. The number of rotatable bonds is 5. The monoisotopic (exact) mass is 266 g/mol. The fraction of sp³-hybridized carbons (Fsp3) is 0.333. The highest BCUT2D eigenvalue weighted by Crippen LogP contribution is 2.21. The van der Waals surface area contributed by atoms with Crippen molar-refractivity contribution < 1.29 is 12.8 Å². The van der Waals surface area contributed by atoms with Gasteiger partial charge in [0.05, 0.1) is 5.02 Å². The summed E-state index contributed by atoms with van der Waals surface area (Å²) < 4.78 is 38.9. The maximum absolute atomic E-state index is 13.4. The van der Waals surface area contributed by atoms with Crippen LogP contribution in [-0.4, -0.2) is 21.5 Å². The van der Waals surface area contributed by atoms with Gasteiger partial charge in [-0.2, -0.15) is 0 Å². The van der Waals surface area contributed by atoms with E-state index in [1.54, 1.807) is 0 Å². The van der Waals surface area contributed by atoms with E-state index in [1.807, 2.05) is 0 Å². The lowest BCUT2D eigenvalue weighted by Gasteiger charge is -2.07. The zero-order valence-electron chi connectivity index (χ0n) is 8.41. The molecule has 0 atom stereocenters. The van der Waals surface area contributed by atoms with Gasteiger partial charge < -0.3 is 5.73 Å². The third-order valence-electron chi connectivity index (χ3n) is 1.88. The van der Waals surface area contributed by atoms with Crippen LogP contribution in [0.5, 0.6) is 0 Å². The summed E-state index contributed by atoms with van der Waals surface area (Å²) in [5.41, 5.74) is 5.22. The minimum Gasteiger partial charge on any atom is -0.330 e. The molecule has 0 amide bonds. The molecule has 1 rings (SSSR count). The summed E-state index contributed by atoms with van der Waals surface area (Å²) in [5.74, 6) is -0.940.